The molecule has 0 amide bonds. The molecular formula is C16H23Br2NO2. The van der Waals surface area contributed by atoms with Crippen LogP contribution in [0.5, 0.6) is 5.75 Å². The molecule has 118 valence electrons. The van der Waals surface area contributed by atoms with Gasteiger partial charge in [-0.3, -0.25) is 0 Å². The van der Waals surface area contributed by atoms with E-state index < -0.39 is 0 Å². The summed E-state index contributed by atoms with van der Waals surface area (Å²) in [6, 6.07) is 4.14. The second kappa shape index (κ2) is 8.51. The molecule has 1 aromatic carbocycles. The molecule has 2 rings (SSSR count). The first-order chi connectivity index (χ1) is 10.2. The molecule has 1 aliphatic rings. The fraction of sp³-hybridized carbons (Fsp3) is 0.625. The van der Waals surface area contributed by atoms with Gasteiger partial charge in [0, 0.05) is 29.7 Å². The minimum Gasteiger partial charge on any atom is -0.492 e. The molecule has 1 aliphatic heterocycles. The minimum absolute atomic E-state index is 0.415. The summed E-state index contributed by atoms with van der Waals surface area (Å²) in [5.41, 5.74) is 1.17. The molecule has 1 aromatic rings. The minimum atomic E-state index is 0.415. The van der Waals surface area contributed by atoms with Crippen molar-refractivity contribution in [2.24, 2.45) is 5.92 Å². The third-order valence-electron chi connectivity index (χ3n) is 3.84. The molecule has 0 aromatic heterocycles. The number of ether oxygens (including phenoxy) is 2. The van der Waals surface area contributed by atoms with Crippen molar-refractivity contribution in [3.63, 3.8) is 0 Å². The first kappa shape index (κ1) is 17.3. The molecule has 0 bridgehead atoms. The van der Waals surface area contributed by atoms with Crippen molar-refractivity contribution < 1.29 is 9.47 Å². The standard InChI is InChI=1S/C16H23Br2NO2/c1-3-15-11(5-6-21-15)9-19-10-12-7-13(17)8-14(18)16(12)20-4-2/h7-8,11,15,19H,3-6,9-10H2,1-2H3. The van der Waals surface area contributed by atoms with E-state index in [1.807, 2.05) is 13.0 Å². The van der Waals surface area contributed by atoms with Crippen LogP contribution in [-0.4, -0.2) is 25.9 Å². The predicted octanol–water partition coefficient (Wildman–Crippen LogP) is 4.52. The quantitative estimate of drug-likeness (QED) is 0.703. The van der Waals surface area contributed by atoms with Gasteiger partial charge in [0.05, 0.1) is 17.2 Å². The second-order valence-corrected chi connectivity index (χ2v) is 7.08. The number of rotatable bonds is 7. The van der Waals surface area contributed by atoms with E-state index in [-0.39, 0.29) is 0 Å². The third kappa shape index (κ3) is 4.68. The first-order valence-electron chi connectivity index (χ1n) is 7.58. The Morgan fingerprint density at radius 2 is 2.14 bits per heavy atom. The second-order valence-electron chi connectivity index (χ2n) is 5.31. The van der Waals surface area contributed by atoms with Gasteiger partial charge in [-0.25, -0.2) is 0 Å². The Labute approximate surface area is 144 Å². The highest BCUT2D eigenvalue weighted by Gasteiger charge is 2.26. The number of hydrogen-bond acceptors (Lipinski definition) is 3. The van der Waals surface area contributed by atoms with Gasteiger partial charge in [0.2, 0.25) is 0 Å². The van der Waals surface area contributed by atoms with E-state index in [2.05, 4.69) is 50.2 Å². The van der Waals surface area contributed by atoms with Gasteiger partial charge in [0.25, 0.3) is 0 Å². The molecule has 1 fully saturated rings. The van der Waals surface area contributed by atoms with Crippen molar-refractivity contribution in [2.45, 2.75) is 39.3 Å². The van der Waals surface area contributed by atoms with E-state index in [1.54, 1.807) is 0 Å². The van der Waals surface area contributed by atoms with Crippen LogP contribution in [0.3, 0.4) is 0 Å². The molecule has 0 saturated carbocycles. The monoisotopic (exact) mass is 419 g/mol. The van der Waals surface area contributed by atoms with Crippen molar-refractivity contribution in [2.75, 3.05) is 19.8 Å². The molecule has 21 heavy (non-hydrogen) atoms. The largest absolute Gasteiger partial charge is 0.492 e. The SMILES string of the molecule is CCOc1c(Br)cc(Br)cc1CNCC1CCOC1CC. The fourth-order valence-electron chi connectivity index (χ4n) is 2.82. The van der Waals surface area contributed by atoms with Crippen LogP contribution < -0.4 is 10.1 Å². The van der Waals surface area contributed by atoms with Crippen LogP contribution >= 0.6 is 31.9 Å². The summed E-state index contributed by atoms with van der Waals surface area (Å²) < 4.78 is 13.5. The van der Waals surface area contributed by atoms with E-state index in [4.69, 9.17) is 9.47 Å². The summed E-state index contributed by atoms with van der Waals surface area (Å²) in [4.78, 5) is 0. The zero-order valence-electron chi connectivity index (χ0n) is 12.6. The molecule has 0 aliphatic carbocycles. The summed E-state index contributed by atoms with van der Waals surface area (Å²) in [6.07, 6.45) is 2.67. The van der Waals surface area contributed by atoms with E-state index in [0.717, 1.165) is 47.2 Å². The summed E-state index contributed by atoms with van der Waals surface area (Å²) in [5, 5.41) is 3.56. The van der Waals surface area contributed by atoms with Crippen molar-refractivity contribution in [1.29, 1.82) is 0 Å². The van der Waals surface area contributed by atoms with Gasteiger partial charge >= 0.3 is 0 Å². The van der Waals surface area contributed by atoms with Crippen LogP contribution in [0, 0.1) is 5.92 Å². The van der Waals surface area contributed by atoms with Gasteiger partial charge in [-0.15, -0.1) is 0 Å². The average Bonchev–Trinajstić information content (AvgIpc) is 2.90. The maximum Gasteiger partial charge on any atom is 0.138 e. The third-order valence-corrected chi connectivity index (χ3v) is 4.89. The van der Waals surface area contributed by atoms with Crippen LogP contribution in [0.4, 0.5) is 0 Å². The Morgan fingerprint density at radius 1 is 1.33 bits per heavy atom. The topological polar surface area (TPSA) is 30.5 Å². The maximum atomic E-state index is 5.76. The van der Waals surface area contributed by atoms with Crippen LogP contribution in [0.2, 0.25) is 0 Å². The normalized spacial score (nSPS) is 21.7. The predicted molar refractivity (Wildman–Crippen MR) is 92.9 cm³/mol. The van der Waals surface area contributed by atoms with Crippen molar-refractivity contribution >= 4 is 31.9 Å². The highest BCUT2D eigenvalue weighted by molar-refractivity contribution is 9.11. The van der Waals surface area contributed by atoms with E-state index >= 15 is 0 Å². The lowest BCUT2D eigenvalue weighted by Gasteiger charge is -2.18. The molecule has 0 spiro atoms. The highest BCUT2D eigenvalue weighted by atomic mass is 79.9. The van der Waals surface area contributed by atoms with Gasteiger partial charge in [-0.2, -0.15) is 0 Å². The first-order valence-corrected chi connectivity index (χ1v) is 9.17. The zero-order valence-corrected chi connectivity index (χ0v) is 15.8. The average molecular weight is 421 g/mol. The van der Waals surface area contributed by atoms with Crippen molar-refractivity contribution in [3.05, 3.63) is 26.6 Å². The lowest BCUT2D eigenvalue weighted by atomic mass is 9.99. The maximum absolute atomic E-state index is 5.76. The van der Waals surface area contributed by atoms with Crippen molar-refractivity contribution in [3.8, 4) is 5.75 Å². The van der Waals surface area contributed by atoms with Crippen LogP contribution in [-0.2, 0) is 11.3 Å². The lowest BCUT2D eigenvalue weighted by molar-refractivity contribution is 0.0872. The summed E-state index contributed by atoms with van der Waals surface area (Å²) in [6.45, 7) is 7.57. The van der Waals surface area contributed by atoms with Gasteiger partial charge in [0.1, 0.15) is 5.75 Å². The lowest BCUT2D eigenvalue weighted by Crippen LogP contribution is -2.28. The molecule has 2 atom stereocenters. The van der Waals surface area contributed by atoms with Crippen LogP contribution in [0.15, 0.2) is 21.1 Å². The molecular weight excluding hydrogens is 398 g/mol. The summed E-state index contributed by atoms with van der Waals surface area (Å²) in [7, 11) is 0. The van der Waals surface area contributed by atoms with Gasteiger partial charge in [-0.1, -0.05) is 22.9 Å². The van der Waals surface area contributed by atoms with Crippen LogP contribution in [0.25, 0.3) is 0 Å². The Kier molecular flexibility index (Phi) is 6.99. The van der Waals surface area contributed by atoms with E-state index in [9.17, 15) is 0 Å². The summed E-state index contributed by atoms with van der Waals surface area (Å²) >= 11 is 7.12. The fourth-order valence-corrected chi connectivity index (χ4v) is 4.25. The van der Waals surface area contributed by atoms with Gasteiger partial charge < -0.3 is 14.8 Å². The summed E-state index contributed by atoms with van der Waals surface area (Å²) in [5.74, 6) is 1.56. The van der Waals surface area contributed by atoms with Gasteiger partial charge in [-0.05, 0) is 53.7 Å². The molecule has 2 unspecified atom stereocenters. The highest BCUT2D eigenvalue weighted by Crippen LogP contribution is 2.33. The van der Waals surface area contributed by atoms with E-state index in [1.165, 1.54) is 5.56 Å². The Morgan fingerprint density at radius 3 is 2.86 bits per heavy atom. The van der Waals surface area contributed by atoms with Crippen molar-refractivity contribution in [1.82, 2.24) is 5.32 Å². The molecule has 1 heterocycles. The molecule has 5 heteroatoms. The Balaban J connectivity index is 1.96. The van der Waals surface area contributed by atoms with Crippen LogP contribution in [0.1, 0.15) is 32.3 Å². The molecule has 3 nitrogen and oxygen atoms in total. The van der Waals surface area contributed by atoms with E-state index in [0.29, 0.717) is 18.6 Å². The Bertz CT molecular complexity index is 468. The zero-order chi connectivity index (χ0) is 15.2. The number of halogens is 2. The number of nitrogens with one attached hydrogen (secondary N) is 1. The van der Waals surface area contributed by atoms with Gasteiger partial charge in [0.15, 0.2) is 0 Å². The molecule has 1 saturated heterocycles. The molecule has 0 radical (unpaired) electrons. The number of hydrogen-bond donors (Lipinski definition) is 1. The smallest absolute Gasteiger partial charge is 0.138 e. The Hall–Kier alpha value is -0.100. The molecule has 1 N–H and O–H groups in total. The number of benzene rings is 1.